The summed E-state index contributed by atoms with van der Waals surface area (Å²) in [6.45, 7) is 0.620. The SMILES string of the molecule is NC(=S)c1cc(F)ccc1NCc1ccc(Br)cc1. The molecule has 0 unspecified atom stereocenters. The summed E-state index contributed by atoms with van der Waals surface area (Å²) in [4.78, 5) is 0.179. The number of nitrogens with one attached hydrogen (secondary N) is 1. The minimum atomic E-state index is -0.350. The molecule has 2 nitrogen and oxygen atoms in total. The van der Waals surface area contributed by atoms with Gasteiger partial charge in [-0.2, -0.15) is 0 Å². The quantitative estimate of drug-likeness (QED) is 0.832. The van der Waals surface area contributed by atoms with Gasteiger partial charge in [0.15, 0.2) is 0 Å². The Kier molecular flexibility index (Phi) is 4.50. The molecule has 0 aromatic heterocycles. The van der Waals surface area contributed by atoms with Gasteiger partial charge in [0.1, 0.15) is 10.8 Å². The number of hydrogen-bond acceptors (Lipinski definition) is 2. The molecule has 0 aliphatic rings. The molecule has 0 aliphatic heterocycles. The van der Waals surface area contributed by atoms with E-state index in [4.69, 9.17) is 18.0 Å². The maximum atomic E-state index is 13.2. The fourth-order valence-electron chi connectivity index (χ4n) is 1.67. The van der Waals surface area contributed by atoms with E-state index >= 15 is 0 Å². The Labute approximate surface area is 124 Å². The molecule has 0 radical (unpaired) electrons. The van der Waals surface area contributed by atoms with Crippen LogP contribution >= 0.6 is 28.1 Å². The lowest BCUT2D eigenvalue weighted by atomic mass is 10.1. The highest BCUT2D eigenvalue weighted by Crippen LogP contribution is 2.18. The lowest BCUT2D eigenvalue weighted by Crippen LogP contribution is -2.13. The molecule has 3 N–H and O–H groups in total. The highest BCUT2D eigenvalue weighted by Gasteiger charge is 2.06. The second kappa shape index (κ2) is 6.12. The molecule has 2 aromatic carbocycles. The van der Waals surface area contributed by atoms with Crippen molar-refractivity contribution in [3.05, 3.63) is 63.9 Å². The third kappa shape index (κ3) is 3.75. The molecule has 0 spiro atoms. The van der Waals surface area contributed by atoms with E-state index < -0.39 is 0 Å². The van der Waals surface area contributed by atoms with Gasteiger partial charge in [0.05, 0.1) is 0 Å². The average molecular weight is 339 g/mol. The fraction of sp³-hybridized carbons (Fsp3) is 0.0714. The Hall–Kier alpha value is -1.46. The lowest BCUT2D eigenvalue weighted by Gasteiger charge is -2.11. The van der Waals surface area contributed by atoms with Crippen LogP contribution in [-0.2, 0) is 6.54 Å². The monoisotopic (exact) mass is 338 g/mol. The molecule has 0 aliphatic carbocycles. The Morgan fingerprint density at radius 2 is 1.89 bits per heavy atom. The molecule has 0 heterocycles. The van der Waals surface area contributed by atoms with Crippen molar-refractivity contribution in [3.63, 3.8) is 0 Å². The average Bonchev–Trinajstić information content (AvgIpc) is 2.39. The molecular weight excluding hydrogens is 327 g/mol. The van der Waals surface area contributed by atoms with Crippen molar-refractivity contribution in [3.8, 4) is 0 Å². The Morgan fingerprint density at radius 1 is 1.21 bits per heavy atom. The van der Waals surface area contributed by atoms with E-state index in [0.29, 0.717) is 12.1 Å². The van der Waals surface area contributed by atoms with Gasteiger partial charge in [-0.15, -0.1) is 0 Å². The summed E-state index contributed by atoms with van der Waals surface area (Å²) in [6.07, 6.45) is 0. The molecule has 0 saturated heterocycles. The summed E-state index contributed by atoms with van der Waals surface area (Å²) in [5, 5.41) is 3.21. The van der Waals surface area contributed by atoms with E-state index in [1.54, 1.807) is 6.07 Å². The summed E-state index contributed by atoms with van der Waals surface area (Å²) in [7, 11) is 0. The summed E-state index contributed by atoms with van der Waals surface area (Å²) in [5.41, 5.74) is 7.96. The number of hydrogen-bond donors (Lipinski definition) is 2. The molecule has 0 atom stereocenters. The zero-order chi connectivity index (χ0) is 13.8. The smallest absolute Gasteiger partial charge is 0.124 e. The van der Waals surface area contributed by atoms with Crippen molar-refractivity contribution >= 4 is 38.8 Å². The molecule has 19 heavy (non-hydrogen) atoms. The van der Waals surface area contributed by atoms with Crippen LogP contribution in [0.15, 0.2) is 46.9 Å². The Morgan fingerprint density at radius 3 is 2.53 bits per heavy atom. The van der Waals surface area contributed by atoms with Gasteiger partial charge in [-0.25, -0.2) is 4.39 Å². The van der Waals surface area contributed by atoms with E-state index in [9.17, 15) is 4.39 Å². The van der Waals surface area contributed by atoms with Gasteiger partial charge >= 0.3 is 0 Å². The topological polar surface area (TPSA) is 38.0 Å². The van der Waals surface area contributed by atoms with Crippen molar-refractivity contribution in [2.75, 3.05) is 5.32 Å². The van der Waals surface area contributed by atoms with Crippen molar-refractivity contribution in [2.45, 2.75) is 6.54 Å². The van der Waals surface area contributed by atoms with Crippen LogP contribution in [-0.4, -0.2) is 4.99 Å². The van der Waals surface area contributed by atoms with Crippen LogP contribution in [0, 0.1) is 5.82 Å². The molecular formula is C14H12BrFN2S. The zero-order valence-electron chi connectivity index (χ0n) is 9.99. The largest absolute Gasteiger partial charge is 0.389 e. The lowest BCUT2D eigenvalue weighted by molar-refractivity contribution is 0.627. The van der Waals surface area contributed by atoms with Gasteiger partial charge in [0.25, 0.3) is 0 Å². The highest BCUT2D eigenvalue weighted by atomic mass is 79.9. The van der Waals surface area contributed by atoms with Gasteiger partial charge in [-0.05, 0) is 35.9 Å². The number of benzene rings is 2. The molecule has 0 amide bonds. The van der Waals surface area contributed by atoms with E-state index in [1.165, 1.54) is 12.1 Å². The summed E-state index contributed by atoms with van der Waals surface area (Å²) < 4.78 is 14.2. The third-order valence-corrected chi connectivity index (χ3v) is 3.39. The molecule has 0 bridgehead atoms. The molecule has 0 fully saturated rings. The van der Waals surface area contributed by atoms with E-state index in [2.05, 4.69) is 21.2 Å². The predicted octanol–water partition coefficient (Wildman–Crippen LogP) is 3.83. The van der Waals surface area contributed by atoms with Gasteiger partial charge in [0, 0.05) is 22.3 Å². The summed E-state index contributed by atoms with van der Waals surface area (Å²) >= 11 is 8.31. The van der Waals surface area contributed by atoms with Crippen LogP contribution in [0.4, 0.5) is 10.1 Å². The third-order valence-electron chi connectivity index (χ3n) is 2.64. The minimum absolute atomic E-state index is 0.179. The first kappa shape index (κ1) is 14.0. The van der Waals surface area contributed by atoms with Crippen LogP contribution in [0.3, 0.4) is 0 Å². The first-order chi connectivity index (χ1) is 9.06. The van der Waals surface area contributed by atoms with Gasteiger partial charge in [0.2, 0.25) is 0 Å². The van der Waals surface area contributed by atoms with Crippen LogP contribution in [0.2, 0.25) is 0 Å². The normalized spacial score (nSPS) is 10.2. The Bertz CT molecular complexity index is 599. The first-order valence-corrected chi connectivity index (χ1v) is 6.84. The summed E-state index contributed by atoms with van der Waals surface area (Å²) in [5.74, 6) is -0.350. The standard InChI is InChI=1S/C14H12BrFN2S/c15-10-3-1-9(2-4-10)8-18-13-6-5-11(16)7-12(13)14(17)19/h1-7,18H,8H2,(H2,17,19). The number of rotatable bonds is 4. The first-order valence-electron chi connectivity index (χ1n) is 5.64. The highest BCUT2D eigenvalue weighted by molar-refractivity contribution is 9.10. The van der Waals surface area contributed by atoms with Crippen LogP contribution in [0.5, 0.6) is 0 Å². The maximum Gasteiger partial charge on any atom is 0.124 e. The van der Waals surface area contributed by atoms with Gasteiger partial charge in [-0.1, -0.05) is 40.3 Å². The summed E-state index contributed by atoms with van der Waals surface area (Å²) in [6, 6.07) is 12.3. The van der Waals surface area contributed by atoms with Crippen LogP contribution in [0.25, 0.3) is 0 Å². The van der Waals surface area contributed by atoms with Crippen molar-refractivity contribution in [1.29, 1.82) is 0 Å². The molecule has 98 valence electrons. The molecule has 2 aromatic rings. The van der Waals surface area contributed by atoms with E-state index in [1.807, 2.05) is 24.3 Å². The van der Waals surface area contributed by atoms with Crippen molar-refractivity contribution in [2.24, 2.45) is 5.73 Å². The zero-order valence-corrected chi connectivity index (χ0v) is 12.4. The Balaban J connectivity index is 2.15. The van der Waals surface area contributed by atoms with E-state index in [0.717, 1.165) is 15.7 Å². The molecule has 5 heteroatoms. The van der Waals surface area contributed by atoms with Gasteiger partial charge in [-0.3, -0.25) is 0 Å². The minimum Gasteiger partial charge on any atom is -0.389 e. The van der Waals surface area contributed by atoms with Crippen LogP contribution in [0.1, 0.15) is 11.1 Å². The number of thiocarbonyl (C=S) groups is 1. The molecule has 0 saturated carbocycles. The van der Waals surface area contributed by atoms with Gasteiger partial charge < -0.3 is 11.1 Å². The number of nitrogens with two attached hydrogens (primary N) is 1. The number of anilines is 1. The number of halogens is 2. The van der Waals surface area contributed by atoms with E-state index in [-0.39, 0.29) is 10.8 Å². The van der Waals surface area contributed by atoms with Crippen molar-refractivity contribution < 1.29 is 4.39 Å². The second-order valence-corrected chi connectivity index (χ2v) is 5.39. The van der Waals surface area contributed by atoms with Crippen LogP contribution < -0.4 is 11.1 Å². The fourth-order valence-corrected chi connectivity index (χ4v) is 2.11. The second-order valence-electron chi connectivity index (χ2n) is 4.03. The molecule has 2 rings (SSSR count). The van der Waals surface area contributed by atoms with Crippen molar-refractivity contribution in [1.82, 2.24) is 0 Å². The predicted molar refractivity (Wildman–Crippen MR) is 83.8 cm³/mol. The maximum absolute atomic E-state index is 13.2.